The van der Waals surface area contributed by atoms with Crippen LogP contribution in [0.2, 0.25) is 0 Å². The second-order valence-electron chi connectivity index (χ2n) is 4.63. The molecule has 1 saturated carbocycles. The molecule has 74 valence electrons. The van der Waals surface area contributed by atoms with Crippen LogP contribution in [0.3, 0.4) is 0 Å². The first-order chi connectivity index (χ1) is 6.15. The minimum absolute atomic E-state index is 0.147. The third kappa shape index (κ3) is 1.35. The first-order valence-corrected chi connectivity index (χ1v) is 5.14. The Kier molecular flexibility index (Phi) is 2.06. The molecule has 3 heteroatoms. The van der Waals surface area contributed by atoms with Crippen molar-refractivity contribution in [3.05, 3.63) is 0 Å². The van der Waals surface area contributed by atoms with E-state index in [1.165, 1.54) is 0 Å². The van der Waals surface area contributed by atoms with Crippen LogP contribution in [-0.2, 0) is 4.79 Å². The van der Waals surface area contributed by atoms with E-state index in [0.717, 1.165) is 37.4 Å². The van der Waals surface area contributed by atoms with Crippen molar-refractivity contribution >= 4 is 5.91 Å². The van der Waals surface area contributed by atoms with Crippen molar-refractivity contribution in [2.75, 3.05) is 19.6 Å². The summed E-state index contributed by atoms with van der Waals surface area (Å²) in [6.07, 6.45) is 0. The molecule has 2 rings (SSSR count). The summed E-state index contributed by atoms with van der Waals surface area (Å²) < 4.78 is 0. The first kappa shape index (κ1) is 9.00. The number of amides is 1. The van der Waals surface area contributed by atoms with Crippen molar-refractivity contribution in [3.8, 4) is 0 Å². The highest BCUT2D eigenvalue weighted by Crippen LogP contribution is 2.51. The molecule has 1 amide bonds. The molecule has 1 aliphatic carbocycles. The number of carbonyl (C=O) groups is 1. The summed E-state index contributed by atoms with van der Waals surface area (Å²) in [5.74, 6) is 2.63. The second kappa shape index (κ2) is 2.98. The van der Waals surface area contributed by atoms with E-state index in [1.54, 1.807) is 0 Å². The molecule has 1 saturated heterocycles. The average molecular weight is 182 g/mol. The van der Waals surface area contributed by atoms with Gasteiger partial charge in [-0.25, -0.2) is 0 Å². The number of fused-ring (bicyclic) bond motifs is 1. The summed E-state index contributed by atoms with van der Waals surface area (Å²) in [5, 5.41) is 0. The molecular weight excluding hydrogens is 164 g/mol. The lowest BCUT2D eigenvalue weighted by Gasteiger charge is -2.21. The number of likely N-dealkylation sites (tertiary alicyclic amines) is 1. The molecule has 0 aromatic carbocycles. The third-order valence-corrected chi connectivity index (χ3v) is 3.45. The van der Waals surface area contributed by atoms with Gasteiger partial charge in [0.05, 0.1) is 0 Å². The number of piperidine rings is 1. The molecule has 13 heavy (non-hydrogen) atoms. The van der Waals surface area contributed by atoms with E-state index in [1.807, 2.05) is 18.7 Å². The van der Waals surface area contributed by atoms with Gasteiger partial charge in [-0.3, -0.25) is 4.79 Å². The fourth-order valence-electron chi connectivity index (χ4n) is 2.54. The summed E-state index contributed by atoms with van der Waals surface area (Å²) >= 11 is 0. The smallest absolute Gasteiger partial charge is 0.225 e. The number of hydrogen-bond donors (Lipinski definition) is 1. The average Bonchev–Trinajstić information content (AvgIpc) is 2.56. The van der Waals surface area contributed by atoms with Gasteiger partial charge < -0.3 is 10.6 Å². The number of nitrogens with zero attached hydrogens (tertiary/aromatic N) is 1. The van der Waals surface area contributed by atoms with Crippen LogP contribution in [0.1, 0.15) is 13.8 Å². The van der Waals surface area contributed by atoms with Gasteiger partial charge in [-0.15, -0.1) is 0 Å². The molecule has 2 N–H and O–H groups in total. The van der Waals surface area contributed by atoms with E-state index < -0.39 is 0 Å². The summed E-state index contributed by atoms with van der Waals surface area (Å²) in [4.78, 5) is 13.6. The number of carbonyl (C=O) groups excluding carboxylic acids is 1. The van der Waals surface area contributed by atoms with Crippen molar-refractivity contribution < 1.29 is 4.79 Å². The van der Waals surface area contributed by atoms with Crippen LogP contribution < -0.4 is 5.73 Å². The van der Waals surface area contributed by atoms with Gasteiger partial charge in [0, 0.05) is 19.0 Å². The van der Waals surface area contributed by atoms with Gasteiger partial charge in [0.15, 0.2) is 0 Å². The normalized spacial score (nSPS) is 36.6. The predicted octanol–water partition coefficient (Wildman–Crippen LogP) is 0.305. The maximum absolute atomic E-state index is 11.6. The number of hydrogen-bond acceptors (Lipinski definition) is 2. The van der Waals surface area contributed by atoms with Crippen LogP contribution in [-0.4, -0.2) is 30.4 Å². The van der Waals surface area contributed by atoms with Crippen molar-refractivity contribution in [2.45, 2.75) is 13.8 Å². The molecule has 2 aliphatic rings. The molecule has 0 aromatic heterocycles. The van der Waals surface area contributed by atoms with E-state index in [9.17, 15) is 4.79 Å². The summed E-state index contributed by atoms with van der Waals surface area (Å²) in [7, 11) is 0. The van der Waals surface area contributed by atoms with Crippen LogP contribution in [0, 0.1) is 23.7 Å². The maximum Gasteiger partial charge on any atom is 0.225 e. The van der Waals surface area contributed by atoms with E-state index in [-0.39, 0.29) is 5.92 Å². The summed E-state index contributed by atoms with van der Waals surface area (Å²) in [5.41, 5.74) is 5.60. The Morgan fingerprint density at radius 2 is 2.00 bits per heavy atom. The maximum atomic E-state index is 11.6. The molecule has 0 radical (unpaired) electrons. The van der Waals surface area contributed by atoms with Crippen LogP contribution in [0.15, 0.2) is 0 Å². The Morgan fingerprint density at radius 1 is 1.46 bits per heavy atom. The fraction of sp³-hybridized carbons (Fsp3) is 0.900. The molecule has 1 unspecified atom stereocenters. The lowest BCUT2D eigenvalue weighted by Crippen LogP contribution is -2.35. The van der Waals surface area contributed by atoms with Crippen molar-refractivity contribution in [1.29, 1.82) is 0 Å². The molecule has 0 bridgehead atoms. The Balaban J connectivity index is 1.87. The third-order valence-electron chi connectivity index (χ3n) is 3.45. The van der Waals surface area contributed by atoms with E-state index in [2.05, 4.69) is 0 Å². The zero-order valence-electron chi connectivity index (χ0n) is 8.36. The number of rotatable bonds is 2. The van der Waals surface area contributed by atoms with Gasteiger partial charge in [0.25, 0.3) is 0 Å². The van der Waals surface area contributed by atoms with Gasteiger partial charge in [0.1, 0.15) is 0 Å². The Hall–Kier alpha value is -0.570. The molecule has 1 aliphatic heterocycles. The standard InChI is InChI=1S/C10H18N2O/c1-6(2)10(13)12-4-8-7(3-11)9(8)5-12/h6-9H,3-5,11H2,1-2H3/t7?,8-,9+. The topological polar surface area (TPSA) is 46.3 Å². The molecule has 3 nitrogen and oxygen atoms in total. The van der Waals surface area contributed by atoms with Crippen molar-refractivity contribution in [2.24, 2.45) is 29.4 Å². The largest absolute Gasteiger partial charge is 0.342 e. The molecule has 1 heterocycles. The van der Waals surface area contributed by atoms with Crippen LogP contribution in [0.5, 0.6) is 0 Å². The van der Waals surface area contributed by atoms with Gasteiger partial charge in [-0.05, 0) is 24.3 Å². The van der Waals surface area contributed by atoms with Gasteiger partial charge in [0.2, 0.25) is 5.91 Å². The monoisotopic (exact) mass is 182 g/mol. The minimum atomic E-state index is 0.147. The Bertz CT molecular complexity index is 215. The lowest BCUT2D eigenvalue weighted by molar-refractivity contribution is -0.134. The van der Waals surface area contributed by atoms with Crippen molar-refractivity contribution in [1.82, 2.24) is 4.90 Å². The van der Waals surface area contributed by atoms with E-state index in [0.29, 0.717) is 5.91 Å². The minimum Gasteiger partial charge on any atom is -0.342 e. The number of nitrogens with two attached hydrogens (primary N) is 1. The van der Waals surface area contributed by atoms with Crippen LogP contribution >= 0.6 is 0 Å². The van der Waals surface area contributed by atoms with Crippen LogP contribution in [0.4, 0.5) is 0 Å². The quantitative estimate of drug-likeness (QED) is 0.668. The highest BCUT2D eigenvalue weighted by molar-refractivity contribution is 5.78. The Morgan fingerprint density at radius 3 is 2.38 bits per heavy atom. The van der Waals surface area contributed by atoms with Gasteiger partial charge in [-0.2, -0.15) is 0 Å². The first-order valence-electron chi connectivity index (χ1n) is 5.14. The van der Waals surface area contributed by atoms with Gasteiger partial charge in [-0.1, -0.05) is 13.8 Å². The van der Waals surface area contributed by atoms with E-state index in [4.69, 9.17) is 5.73 Å². The molecule has 0 spiro atoms. The molecule has 3 atom stereocenters. The zero-order chi connectivity index (χ0) is 9.59. The molecule has 0 aromatic rings. The zero-order valence-corrected chi connectivity index (χ0v) is 8.36. The molecular formula is C10H18N2O. The Labute approximate surface area is 79.3 Å². The summed E-state index contributed by atoms with van der Waals surface area (Å²) in [6.45, 7) is 6.66. The van der Waals surface area contributed by atoms with Gasteiger partial charge >= 0.3 is 0 Å². The molecule has 2 fully saturated rings. The lowest BCUT2D eigenvalue weighted by atomic mass is 10.2. The fourth-order valence-corrected chi connectivity index (χ4v) is 2.54. The van der Waals surface area contributed by atoms with Crippen LogP contribution in [0.25, 0.3) is 0 Å². The second-order valence-corrected chi connectivity index (χ2v) is 4.63. The summed E-state index contributed by atoms with van der Waals surface area (Å²) in [6, 6.07) is 0. The highest BCUT2D eigenvalue weighted by atomic mass is 16.2. The highest BCUT2D eigenvalue weighted by Gasteiger charge is 2.55. The van der Waals surface area contributed by atoms with Crippen molar-refractivity contribution in [3.63, 3.8) is 0 Å². The SMILES string of the molecule is CC(C)C(=O)N1C[C@@H]2C(CN)[C@@H]2C1. The van der Waals surface area contributed by atoms with E-state index >= 15 is 0 Å². The predicted molar refractivity (Wildman–Crippen MR) is 50.9 cm³/mol.